The van der Waals surface area contributed by atoms with Gasteiger partial charge in [0.05, 0.1) is 18.9 Å². The quantitative estimate of drug-likeness (QED) is 0.672. The van der Waals surface area contributed by atoms with Crippen LogP contribution in [0.1, 0.15) is 35.8 Å². The van der Waals surface area contributed by atoms with E-state index >= 15 is 0 Å². The highest BCUT2D eigenvalue weighted by atomic mass is 16.5. The molecule has 1 aliphatic rings. The summed E-state index contributed by atoms with van der Waals surface area (Å²) in [7, 11) is 0. The summed E-state index contributed by atoms with van der Waals surface area (Å²) in [6.07, 6.45) is 7.15. The van der Waals surface area contributed by atoms with Gasteiger partial charge in [-0.1, -0.05) is 12.1 Å². The number of nitrogens with zero attached hydrogens (tertiary/aromatic N) is 2. The lowest BCUT2D eigenvalue weighted by Gasteiger charge is -2.25. The fraction of sp³-hybridized carbons (Fsp3) is 0.273. The predicted molar refractivity (Wildman–Crippen MR) is 106 cm³/mol. The minimum atomic E-state index is -0.0760. The summed E-state index contributed by atoms with van der Waals surface area (Å²) in [4.78, 5) is 18.8. The molecule has 28 heavy (non-hydrogen) atoms. The van der Waals surface area contributed by atoms with Crippen LogP contribution < -0.4 is 5.32 Å². The van der Waals surface area contributed by atoms with Crippen molar-refractivity contribution in [3.05, 3.63) is 84.1 Å². The molecule has 1 saturated heterocycles. The van der Waals surface area contributed by atoms with Crippen molar-refractivity contribution in [1.82, 2.24) is 9.88 Å². The molecule has 0 radical (unpaired) electrons. The van der Waals surface area contributed by atoms with Gasteiger partial charge >= 0.3 is 6.03 Å². The maximum Gasteiger partial charge on any atom is 0.322 e. The number of amides is 2. The highest BCUT2D eigenvalue weighted by Crippen LogP contribution is 2.32. The highest BCUT2D eigenvalue weighted by Gasteiger charge is 2.29. The van der Waals surface area contributed by atoms with E-state index in [1.54, 1.807) is 18.7 Å². The van der Waals surface area contributed by atoms with E-state index < -0.39 is 0 Å². The van der Waals surface area contributed by atoms with Crippen LogP contribution in [0.5, 0.6) is 0 Å². The molecule has 1 aliphatic heterocycles. The van der Waals surface area contributed by atoms with E-state index in [2.05, 4.69) is 10.3 Å². The van der Waals surface area contributed by atoms with E-state index in [0.29, 0.717) is 13.2 Å². The Morgan fingerprint density at radius 3 is 2.89 bits per heavy atom. The van der Waals surface area contributed by atoms with Gasteiger partial charge in [0, 0.05) is 24.6 Å². The summed E-state index contributed by atoms with van der Waals surface area (Å²) >= 11 is 0. The number of hydrogen-bond donors (Lipinski definition) is 1. The first kappa shape index (κ1) is 18.3. The SMILES string of the molecule is O=C(Nc1cccc(COCc2ccco2)c1)N1CCCC1c1ccncc1. The third-order valence-electron chi connectivity index (χ3n) is 4.88. The number of benzene rings is 1. The van der Waals surface area contributed by atoms with Crippen LogP contribution in [0.15, 0.2) is 71.6 Å². The summed E-state index contributed by atoms with van der Waals surface area (Å²) in [5, 5.41) is 3.03. The number of likely N-dealkylation sites (tertiary alicyclic amines) is 1. The molecule has 1 N–H and O–H groups in total. The average molecular weight is 377 g/mol. The molecule has 2 aromatic heterocycles. The third kappa shape index (κ3) is 4.40. The molecule has 2 amide bonds. The molecule has 0 bridgehead atoms. The van der Waals surface area contributed by atoms with Crippen LogP contribution in [0.4, 0.5) is 10.5 Å². The fourth-order valence-electron chi connectivity index (χ4n) is 3.54. The van der Waals surface area contributed by atoms with Gasteiger partial charge in [-0.3, -0.25) is 4.98 Å². The van der Waals surface area contributed by atoms with Gasteiger partial charge in [-0.15, -0.1) is 0 Å². The van der Waals surface area contributed by atoms with Crippen molar-refractivity contribution in [2.45, 2.75) is 32.1 Å². The minimum absolute atomic E-state index is 0.0760. The molecule has 1 aromatic carbocycles. The van der Waals surface area contributed by atoms with Crippen LogP contribution in [0.3, 0.4) is 0 Å². The van der Waals surface area contributed by atoms with Gasteiger partial charge in [-0.2, -0.15) is 0 Å². The van der Waals surface area contributed by atoms with E-state index in [9.17, 15) is 4.79 Å². The lowest BCUT2D eigenvalue weighted by Crippen LogP contribution is -2.34. The van der Waals surface area contributed by atoms with Crippen LogP contribution in [-0.4, -0.2) is 22.5 Å². The summed E-state index contributed by atoms with van der Waals surface area (Å²) in [5.41, 5.74) is 2.89. The number of pyridine rings is 1. The molecule has 1 unspecified atom stereocenters. The molecule has 3 heterocycles. The van der Waals surface area contributed by atoms with E-state index in [1.807, 2.05) is 53.4 Å². The van der Waals surface area contributed by atoms with Gasteiger partial charge in [-0.05, 0) is 60.4 Å². The van der Waals surface area contributed by atoms with Crippen molar-refractivity contribution in [2.75, 3.05) is 11.9 Å². The van der Waals surface area contributed by atoms with Crippen molar-refractivity contribution < 1.29 is 13.9 Å². The van der Waals surface area contributed by atoms with Gasteiger partial charge < -0.3 is 19.4 Å². The molecule has 6 nitrogen and oxygen atoms in total. The number of carbonyl (C=O) groups excluding carboxylic acids is 1. The fourth-order valence-corrected chi connectivity index (χ4v) is 3.54. The van der Waals surface area contributed by atoms with Gasteiger partial charge in [0.2, 0.25) is 0 Å². The summed E-state index contributed by atoms with van der Waals surface area (Å²) in [6.45, 7) is 1.63. The zero-order valence-electron chi connectivity index (χ0n) is 15.6. The van der Waals surface area contributed by atoms with Crippen LogP contribution in [0.25, 0.3) is 0 Å². The Morgan fingerprint density at radius 1 is 1.18 bits per heavy atom. The second kappa shape index (κ2) is 8.71. The molecule has 1 atom stereocenters. The lowest BCUT2D eigenvalue weighted by atomic mass is 10.1. The topological polar surface area (TPSA) is 67.6 Å². The van der Waals surface area contributed by atoms with Crippen molar-refractivity contribution >= 4 is 11.7 Å². The Labute approximate surface area is 164 Å². The van der Waals surface area contributed by atoms with Crippen LogP contribution in [0, 0.1) is 0 Å². The Morgan fingerprint density at radius 2 is 2.07 bits per heavy atom. The van der Waals surface area contributed by atoms with Crippen LogP contribution in [0.2, 0.25) is 0 Å². The van der Waals surface area contributed by atoms with Crippen molar-refractivity contribution in [3.8, 4) is 0 Å². The number of aromatic nitrogens is 1. The molecule has 3 aromatic rings. The van der Waals surface area contributed by atoms with Gasteiger partial charge in [0.1, 0.15) is 12.4 Å². The average Bonchev–Trinajstić information content (AvgIpc) is 3.41. The molecular formula is C22H23N3O3. The summed E-state index contributed by atoms with van der Waals surface area (Å²) in [5.74, 6) is 0.792. The number of anilines is 1. The van der Waals surface area contributed by atoms with E-state index in [-0.39, 0.29) is 12.1 Å². The smallest absolute Gasteiger partial charge is 0.322 e. The molecule has 0 spiro atoms. The normalized spacial score (nSPS) is 16.3. The van der Waals surface area contributed by atoms with Crippen LogP contribution in [-0.2, 0) is 18.0 Å². The van der Waals surface area contributed by atoms with E-state index in [1.165, 1.54) is 0 Å². The van der Waals surface area contributed by atoms with E-state index in [0.717, 1.165) is 42.0 Å². The molecule has 0 saturated carbocycles. The molecule has 4 rings (SSSR count). The molecule has 1 fully saturated rings. The highest BCUT2D eigenvalue weighted by molar-refractivity contribution is 5.89. The molecule has 0 aliphatic carbocycles. The van der Waals surface area contributed by atoms with Gasteiger partial charge in [0.15, 0.2) is 0 Å². The van der Waals surface area contributed by atoms with E-state index in [4.69, 9.17) is 9.15 Å². The molecule has 6 heteroatoms. The summed E-state index contributed by atoms with van der Waals surface area (Å²) < 4.78 is 10.9. The zero-order valence-corrected chi connectivity index (χ0v) is 15.6. The van der Waals surface area contributed by atoms with Gasteiger partial charge in [0.25, 0.3) is 0 Å². The number of urea groups is 1. The zero-order chi connectivity index (χ0) is 19.2. The molecular weight excluding hydrogens is 354 g/mol. The Bertz CT molecular complexity index is 896. The minimum Gasteiger partial charge on any atom is -0.467 e. The predicted octanol–water partition coefficient (Wildman–Crippen LogP) is 4.76. The third-order valence-corrected chi connectivity index (χ3v) is 4.88. The first-order chi connectivity index (χ1) is 13.8. The van der Waals surface area contributed by atoms with Gasteiger partial charge in [-0.25, -0.2) is 4.79 Å². The van der Waals surface area contributed by atoms with Crippen molar-refractivity contribution in [1.29, 1.82) is 0 Å². The largest absolute Gasteiger partial charge is 0.467 e. The second-order valence-corrected chi connectivity index (χ2v) is 6.83. The number of furan rings is 1. The first-order valence-electron chi connectivity index (χ1n) is 9.46. The van der Waals surface area contributed by atoms with Crippen molar-refractivity contribution in [2.24, 2.45) is 0 Å². The number of ether oxygens (including phenoxy) is 1. The Hall–Kier alpha value is -3.12. The number of rotatable bonds is 6. The maximum atomic E-state index is 12.8. The van der Waals surface area contributed by atoms with Crippen LogP contribution >= 0.6 is 0 Å². The number of carbonyl (C=O) groups is 1. The Balaban J connectivity index is 1.36. The number of hydrogen-bond acceptors (Lipinski definition) is 4. The molecule has 144 valence electrons. The van der Waals surface area contributed by atoms with Crippen molar-refractivity contribution in [3.63, 3.8) is 0 Å². The first-order valence-corrected chi connectivity index (χ1v) is 9.46. The second-order valence-electron chi connectivity index (χ2n) is 6.83. The standard InChI is InChI=1S/C22H23N3O3/c26-22(25-12-2-7-21(25)18-8-10-23-11-9-18)24-19-5-1-4-17(14-19)15-27-16-20-6-3-13-28-20/h1,3-6,8-11,13-14,21H,2,7,12,15-16H2,(H,24,26). The Kier molecular flexibility index (Phi) is 5.68. The summed E-state index contributed by atoms with van der Waals surface area (Å²) in [6, 6.07) is 15.4. The monoisotopic (exact) mass is 377 g/mol. The maximum absolute atomic E-state index is 12.8. The lowest BCUT2D eigenvalue weighted by molar-refractivity contribution is 0.0930. The number of nitrogens with one attached hydrogen (secondary N) is 1.